The van der Waals surface area contributed by atoms with Gasteiger partial charge in [-0.1, -0.05) is 213 Å². The van der Waals surface area contributed by atoms with Gasteiger partial charge in [0.1, 0.15) is 0 Å². The van der Waals surface area contributed by atoms with E-state index in [2.05, 4.69) is 24.5 Å². The van der Waals surface area contributed by atoms with Crippen LogP contribution in [-0.4, -0.2) is 70.8 Å². The zero-order valence-electron chi connectivity index (χ0n) is 35.8. The highest BCUT2D eigenvalue weighted by atomic mass is 16.4. The molecule has 8 nitrogen and oxygen atoms in total. The molecule has 0 aromatic carbocycles. The van der Waals surface area contributed by atoms with Crippen molar-refractivity contribution < 1.29 is 30.0 Å². The molecule has 0 aromatic rings. The van der Waals surface area contributed by atoms with Gasteiger partial charge in [0.15, 0.2) is 5.41 Å². The number of carboxylic acid groups (broad SMARTS) is 2. The SMILES string of the molecule is CCCCCCCCCCCCCCCCC(O)CNCCNCC(O)CCCCCCCCCCCCCCCC.O=C(O)C1(C(=O)O)CCCCC1. The fourth-order valence-electron chi connectivity index (χ4n) is 7.74. The third-order valence-corrected chi connectivity index (χ3v) is 11.5. The molecule has 322 valence electrons. The van der Waals surface area contributed by atoms with Gasteiger partial charge in [-0.2, -0.15) is 0 Å². The van der Waals surface area contributed by atoms with E-state index in [0.29, 0.717) is 25.9 Å². The smallest absolute Gasteiger partial charge is 0.321 e. The molecule has 1 aliphatic carbocycles. The lowest BCUT2D eigenvalue weighted by molar-refractivity contribution is -0.167. The van der Waals surface area contributed by atoms with Crippen molar-refractivity contribution in [3.8, 4) is 0 Å². The van der Waals surface area contributed by atoms with Crippen molar-refractivity contribution in [2.45, 2.75) is 251 Å². The highest BCUT2D eigenvalue weighted by Crippen LogP contribution is 2.36. The van der Waals surface area contributed by atoms with Gasteiger partial charge in [0.2, 0.25) is 0 Å². The number of aliphatic hydroxyl groups excluding tert-OH is 2. The molecule has 0 bridgehead atoms. The Labute approximate surface area is 334 Å². The first-order valence-electron chi connectivity index (χ1n) is 23.5. The van der Waals surface area contributed by atoms with Crippen LogP contribution in [0.25, 0.3) is 0 Å². The number of carbonyl (C=O) groups is 2. The predicted octanol–water partition coefficient (Wildman–Crippen LogP) is 11.7. The van der Waals surface area contributed by atoms with Crippen LogP contribution < -0.4 is 10.6 Å². The Morgan fingerprint density at radius 3 is 0.944 bits per heavy atom. The minimum Gasteiger partial charge on any atom is -0.480 e. The number of hydrogen-bond donors (Lipinski definition) is 6. The molecular weight excluding hydrogens is 677 g/mol. The first kappa shape index (κ1) is 52.8. The van der Waals surface area contributed by atoms with Gasteiger partial charge in [-0.05, 0) is 25.7 Å². The number of nitrogens with one attached hydrogen (secondary N) is 2. The second kappa shape index (κ2) is 40.0. The van der Waals surface area contributed by atoms with Gasteiger partial charge >= 0.3 is 11.9 Å². The van der Waals surface area contributed by atoms with E-state index in [0.717, 1.165) is 45.2 Å². The maximum atomic E-state index is 10.7. The average molecular weight is 769 g/mol. The van der Waals surface area contributed by atoms with Crippen LogP contribution in [0.1, 0.15) is 239 Å². The highest BCUT2D eigenvalue weighted by molar-refractivity contribution is 5.98. The van der Waals surface area contributed by atoms with E-state index in [-0.39, 0.29) is 25.0 Å². The summed E-state index contributed by atoms with van der Waals surface area (Å²) in [6.45, 7) is 7.64. The molecule has 6 N–H and O–H groups in total. The third kappa shape index (κ3) is 33.0. The van der Waals surface area contributed by atoms with Gasteiger partial charge in [0.25, 0.3) is 0 Å². The number of unbranched alkanes of at least 4 members (excludes halogenated alkanes) is 26. The van der Waals surface area contributed by atoms with Gasteiger partial charge in [-0.15, -0.1) is 0 Å². The summed E-state index contributed by atoms with van der Waals surface area (Å²) in [5, 5.41) is 44.7. The molecule has 0 aliphatic heterocycles. The summed E-state index contributed by atoms with van der Waals surface area (Å²) in [5.74, 6) is -2.37. The zero-order valence-corrected chi connectivity index (χ0v) is 35.8. The van der Waals surface area contributed by atoms with Crippen molar-refractivity contribution in [1.29, 1.82) is 0 Å². The fraction of sp³-hybridized carbons (Fsp3) is 0.957. The first-order chi connectivity index (χ1) is 26.3. The van der Waals surface area contributed by atoms with E-state index in [1.54, 1.807) is 0 Å². The summed E-state index contributed by atoms with van der Waals surface area (Å²) in [6.07, 6.45) is 42.8. The summed E-state index contributed by atoms with van der Waals surface area (Å²) in [6, 6.07) is 0. The van der Waals surface area contributed by atoms with Crippen LogP contribution in [0.15, 0.2) is 0 Å². The summed E-state index contributed by atoms with van der Waals surface area (Å²) in [4.78, 5) is 21.5. The largest absolute Gasteiger partial charge is 0.480 e. The number of rotatable bonds is 39. The first-order valence-corrected chi connectivity index (χ1v) is 23.5. The second-order valence-electron chi connectivity index (χ2n) is 16.7. The quantitative estimate of drug-likeness (QED) is 0.0268. The number of carboxylic acids is 2. The van der Waals surface area contributed by atoms with Crippen LogP contribution in [0.4, 0.5) is 0 Å². The molecular formula is C46H92N2O6. The van der Waals surface area contributed by atoms with Crippen molar-refractivity contribution in [1.82, 2.24) is 10.6 Å². The summed E-state index contributed by atoms with van der Waals surface area (Å²) >= 11 is 0. The summed E-state index contributed by atoms with van der Waals surface area (Å²) < 4.78 is 0. The molecule has 0 amide bonds. The molecule has 2 atom stereocenters. The molecule has 0 saturated heterocycles. The van der Waals surface area contributed by atoms with Crippen LogP contribution >= 0.6 is 0 Å². The average Bonchev–Trinajstić information content (AvgIpc) is 3.16. The van der Waals surface area contributed by atoms with Gasteiger partial charge < -0.3 is 31.1 Å². The molecule has 0 aromatic heterocycles. The van der Waals surface area contributed by atoms with Crippen LogP contribution in [0.5, 0.6) is 0 Å². The molecule has 1 saturated carbocycles. The maximum Gasteiger partial charge on any atom is 0.321 e. The van der Waals surface area contributed by atoms with Crippen molar-refractivity contribution in [3.63, 3.8) is 0 Å². The molecule has 8 heteroatoms. The molecule has 2 unspecified atom stereocenters. The zero-order chi connectivity index (χ0) is 39.8. The van der Waals surface area contributed by atoms with E-state index in [1.807, 2.05) is 0 Å². The fourth-order valence-corrected chi connectivity index (χ4v) is 7.74. The lowest BCUT2D eigenvalue weighted by Crippen LogP contribution is -2.40. The Kier molecular flexibility index (Phi) is 39.1. The number of aliphatic hydroxyl groups is 2. The minimum atomic E-state index is -1.49. The van der Waals surface area contributed by atoms with Crippen molar-refractivity contribution in [2.75, 3.05) is 26.2 Å². The monoisotopic (exact) mass is 769 g/mol. The second-order valence-corrected chi connectivity index (χ2v) is 16.7. The normalized spacial score (nSPS) is 15.0. The van der Waals surface area contributed by atoms with Crippen molar-refractivity contribution in [3.05, 3.63) is 0 Å². The Morgan fingerprint density at radius 1 is 0.444 bits per heavy atom. The Morgan fingerprint density at radius 2 is 0.704 bits per heavy atom. The topological polar surface area (TPSA) is 139 Å². The lowest BCUT2D eigenvalue weighted by atomic mass is 9.74. The molecule has 0 heterocycles. The third-order valence-electron chi connectivity index (χ3n) is 11.5. The molecule has 0 spiro atoms. The highest BCUT2D eigenvalue weighted by Gasteiger charge is 2.46. The van der Waals surface area contributed by atoms with Crippen LogP contribution in [0.3, 0.4) is 0 Å². The van der Waals surface area contributed by atoms with Crippen molar-refractivity contribution >= 4 is 11.9 Å². The number of hydrogen-bond acceptors (Lipinski definition) is 6. The molecule has 1 aliphatic rings. The molecule has 1 fully saturated rings. The Hall–Kier alpha value is -1.22. The maximum absolute atomic E-state index is 10.7. The van der Waals surface area contributed by atoms with Gasteiger partial charge in [0, 0.05) is 26.2 Å². The van der Waals surface area contributed by atoms with Gasteiger partial charge in [-0.3, -0.25) is 9.59 Å². The van der Waals surface area contributed by atoms with E-state index in [1.165, 1.54) is 167 Å². The predicted molar refractivity (Wildman–Crippen MR) is 228 cm³/mol. The van der Waals surface area contributed by atoms with E-state index in [4.69, 9.17) is 10.2 Å². The Balaban J connectivity index is 0.00000196. The number of aliphatic carboxylic acids is 2. The van der Waals surface area contributed by atoms with Crippen LogP contribution in [0, 0.1) is 5.41 Å². The summed E-state index contributed by atoms with van der Waals surface area (Å²) in [7, 11) is 0. The van der Waals surface area contributed by atoms with Crippen molar-refractivity contribution in [2.24, 2.45) is 5.41 Å². The van der Waals surface area contributed by atoms with E-state index in [9.17, 15) is 19.8 Å². The van der Waals surface area contributed by atoms with E-state index >= 15 is 0 Å². The molecule has 1 rings (SSSR count). The lowest BCUT2D eigenvalue weighted by Gasteiger charge is -2.28. The van der Waals surface area contributed by atoms with Gasteiger partial charge in [0.05, 0.1) is 12.2 Å². The minimum absolute atomic E-state index is 0.228. The van der Waals surface area contributed by atoms with Gasteiger partial charge in [-0.25, -0.2) is 0 Å². The summed E-state index contributed by atoms with van der Waals surface area (Å²) in [5.41, 5.74) is -1.49. The van der Waals surface area contributed by atoms with E-state index < -0.39 is 17.4 Å². The molecule has 54 heavy (non-hydrogen) atoms. The van der Waals surface area contributed by atoms with Crippen LogP contribution in [-0.2, 0) is 9.59 Å². The standard InChI is InChI=1S/C38H80N2O2.C8H12O4/c1-3-5-7-9-11-13-15-17-19-21-23-25-27-29-31-37(41)35-39-33-34-40-36-38(42)32-30-28-26-24-22-20-18-16-14-12-10-8-6-4-2;9-6(10)8(7(11)12)4-2-1-3-5-8/h37-42H,3-36H2,1-2H3;1-5H2,(H,9,10)(H,11,12). The van der Waals surface area contributed by atoms with Crippen LogP contribution in [0.2, 0.25) is 0 Å². The molecule has 0 radical (unpaired) electrons. The Bertz CT molecular complexity index is 748.